The summed E-state index contributed by atoms with van der Waals surface area (Å²) in [6, 6.07) is 12.4. The maximum atomic E-state index is 12.8. The molecule has 10 heteroatoms. The van der Waals surface area contributed by atoms with Gasteiger partial charge in [0.2, 0.25) is 0 Å². The lowest BCUT2D eigenvalue weighted by atomic mass is 10.1. The lowest BCUT2D eigenvalue weighted by Crippen LogP contribution is -2.17. The maximum Gasteiger partial charge on any atom is 0.349 e. The van der Waals surface area contributed by atoms with Gasteiger partial charge in [-0.1, -0.05) is 18.2 Å². The van der Waals surface area contributed by atoms with Gasteiger partial charge in [-0.2, -0.15) is 0 Å². The molecule has 3 aromatic rings. The minimum Gasteiger partial charge on any atom is -0.507 e. The van der Waals surface area contributed by atoms with Crippen molar-refractivity contribution in [2.75, 3.05) is 0 Å². The van der Waals surface area contributed by atoms with Crippen molar-refractivity contribution in [1.82, 2.24) is 0 Å². The third kappa shape index (κ3) is 5.38. The number of rotatable bonds is 7. The number of esters is 3. The number of phenols is 2. The van der Waals surface area contributed by atoms with Crippen molar-refractivity contribution in [3.05, 3.63) is 88.0 Å². The number of hydrogen-bond acceptors (Lipinski definition) is 10. The molecule has 176 valence electrons. The number of aromatic hydroxyl groups is 2. The molecular weight excluding hydrogens is 442 g/mol. The Morgan fingerprint density at radius 3 is 1.53 bits per heavy atom. The van der Waals surface area contributed by atoms with Crippen LogP contribution in [0.4, 0.5) is 0 Å². The zero-order chi connectivity index (χ0) is 24.8. The van der Waals surface area contributed by atoms with Crippen LogP contribution in [0.2, 0.25) is 0 Å². The molecule has 0 atom stereocenters. The van der Waals surface area contributed by atoms with Gasteiger partial charge in [-0.3, -0.25) is 0 Å². The van der Waals surface area contributed by atoms with E-state index in [1.807, 2.05) is 0 Å². The van der Waals surface area contributed by atoms with Crippen molar-refractivity contribution in [3.63, 3.8) is 0 Å². The van der Waals surface area contributed by atoms with Crippen LogP contribution in [0.5, 0.6) is 17.2 Å². The summed E-state index contributed by atoms with van der Waals surface area (Å²) >= 11 is 0. The summed E-state index contributed by atoms with van der Waals surface area (Å²) in [5.74, 6) is -4.18. The molecule has 0 aliphatic heterocycles. The van der Waals surface area contributed by atoms with Gasteiger partial charge in [0.15, 0.2) is 0 Å². The number of ether oxygens (including phenoxy) is 2. The zero-order valence-corrected chi connectivity index (χ0v) is 18.0. The normalized spacial score (nSPS) is 10.6. The molecule has 0 bridgehead atoms. The van der Waals surface area contributed by atoms with Gasteiger partial charge in [0.25, 0.3) is 0 Å². The second kappa shape index (κ2) is 10.6. The molecule has 10 nitrogen and oxygen atoms in total. The van der Waals surface area contributed by atoms with Crippen LogP contribution in [0.3, 0.4) is 0 Å². The molecule has 0 unspecified atom stereocenters. The van der Waals surface area contributed by atoms with Crippen LogP contribution in [-0.2, 0) is 24.4 Å². The fraction of sp³-hybridized carbons (Fsp3) is 0.125. The van der Waals surface area contributed by atoms with Crippen molar-refractivity contribution >= 4 is 17.9 Å². The smallest absolute Gasteiger partial charge is 0.349 e. The van der Waals surface area contributed by atoms with Crippen molar-refractivity contribution in [2.45, 2.75) is 19.6 Å². The van der Waals surface area contributed by atoms with Crippen LogP contribution >= 0.6 is 0 Å². The highest BCUT2D eigenvalue weighted by molar-refractivity contribution is 6.05. The van der Waals surface area contributed by atoms with E-state index in [2.05, 4.69) is 0 Å². The number of nitrogens with two attached hydrogens (primary N) is 3. The monoisotopic (exact) mass is 465 g/mol. The van der Waals surface area contributed by atoms with Crippen molar-refractivity contribution in [2.24, 2.45) is 17.2 Å². The van der Waals surface area contributed by atoms with Crippen molar-refractivity contribution in [3.8, 4) is 17.2 Å². The molecule has 3 rings (SSSR count). The molecule has 0 saturated carbocycles. The lowest BCUT2D eigenvalue weighted by molar-refractivity contribution is 0.0394. The molecule has 3 aromatic carbocycles. The Morgan fingerprint density at radius 1 is 0.618 bits per heavy atom. The van der Waals surface area contributed by atoms with Gasteiger partial charge in [-0.25, -0.2) is 14.4 Å². The summed E-state index contributed by atoms with van der Waals surface area (Å²) in [6.45, 7) is 0.288. The lowest BCUT2D eigenvalue weighted by Gasteiger charge is -2.12. The van der Waals surface area contributed by atoms with Crippen LogP contribution < -0.4 is 21.9 Å². The van der Waals surface area contributed by atoms with E-state index in [1.54, 1.807) is 6.07 Å². The number of carbonyl (C=O) groups is 3. The zero-order valence-electron chi connectivity index (χ0n) is 18.0. The second-order valence-electron chi connectivity index (χ2n) is 7.21. The topological polar surface area (TPSA) is 188 Å². The summed E-state index contributed by atoms with van der Waals surface area (Å²) in [4.78, 5) is 38.0. The Bertz CT molecular complexity index is 1260. The highest BCUT2D eigenvalue weighted by Gasteiger charge is 2.24. The van der Waals surface area contributed by atoms with Crippen LogP contribution in [-0.4, -0.2) is 28.1 Å². The summed E-state index contributed by atoms with van der Waals surface area (Å²) in [5, 5.41) is 20.0. The first-order valence-corrected chi connectivity index (χ1v) is 10.1. The molecule has 0 fully saturated rings. The number of phenolic OH excluding ortho intramolecular Hbond substituents is 2. The quantitative estimate of drug-likeness (QED) is 0.195. The first-order valence-electron chi connectivity index (χ1n) is 10.1. The molecule has 0 radical (unpaired) electrons. The number of hydrogen-bond donors (Lipinski definition) is 5. The SMILES string of the molecule is NCc1ccc(O)c(C(=O)OC(=O)c2cc(CN)ccc2OC(=O)c2cc(CN)ccc2O)c1. The highest BCUT2D eigenvalue weighted by atomic mass is 16.6. The minimum absolute atomic E-state index is 0.0567. The van der Waals surface area contributed by atoms with Crippen molar-refractivity contribution < 1.29 is 34.1 Å². The van der Waals surface area contributed by atoms with E-state index >= 15 is 0 Å². The van der Waals surface area contributed by atoms with Gasteiger partial charge >= 0.3 is 17.9 Å². The van der Waals surface area contributed by atoms with E-state index in [1.165, 1.54) is 48.5 Å². The first kappa shape index (κ1) is 24.4. The van der Waals surface area contributed by atoms with Crippen LogP contribution in [0.25, 0.3) is 0 Å². The van der Waals surface area contributed by atoms with Gasteiger partial charge in [-0.15, -0.1) is 0 Å². The third-order valence-electron chi connectivity index (χ3n) is 4.92. The summed E-state index contributed by atoms with van der Waals surface area (Å²) in [6.07, 6.45) is 0. The minimum atomic E-state index is -1.14. The third-order valence-corrected chi connectivity index (χ3v) is 4.92. The Hall–Kier alpha value is -4.25. The molecule has 0 aliphatic rings. The second-order valence-corrected chi connectivity index (χ2v) is 7.21. The average Bonchev–Trinajstić information content (AvgIpc) is 2.84. The molecule has 0 amide bonds. The predicted octanol–water partition coefficient (Wildman–Crippen LogP) is 1.69. The highest BCUT2D eigenvalue weighted by Crippen LogP contribution is 2.26. The fourth-order valence-electron chi connectivity index (χ4n) is 3.05. The van der Waals surface area contributed by atoms with E-state index in [4.69, 9.17) is 26.7 Å². The van der Waals surface area contributed by atoms with Crippen LogP contribution in [0.1, 0.15) is 47.8 Å². The van der Waals surface area contributed by atoms with Gasteiger partial charge in [-0.05, 0) is 53.1 Å². The summed E-state index contributed by atoms with van der Waals surface area (Å²) in [7, 11) is 0. The summed E-state index contributed by atoms with van der Waals surface area (Å²) < 4.78 is 10.2. The molecular formula is C24H23N3O7. The van der Waals surface area contributed by atoms with Gasteiger partial charge in [0.1, 0.15) is 33.9 Å². The van der Waals surface area contributed by atoms with Gasteiger partial charge in [0, 0.05) is 19.6 Å². The number of benzene rings is 3. The maximum absolute atomic E-state index is 12.8. The van der Waals surface area contributed by atoms with E-state index in [0.717, 1.165) is 0 Å². The average molecular weight is 465 g/mol. The number of carbonyl (C=O) groups excluding carboxylic acids is 3. The molecule has 0 saturated heterocycles. The Morgan fingerprint density at radius 2 is 1.03 bits per heavy atom. The van der Waals surface area contributed by atoms with E-state index < -0.39 is 23.7 Å². The Labute approximate surface area is 194 Å². The fourth-order valence-corrected chi connectivity index (χ4v) is 3.05. The standard InChI is InChI=1S/C24H23N3O7/c25-10-13-1-4-19(28)16(7-13)22(30)33-21-6-3-15(12-27)9-18(21)24(32)34-23(31)17-8-14(11-26)2-5-20(17)29/h1-9,28-29H,10-12,25-27H2. The Kier molecular flexibility index (Phi) is 7.59. The van der Waals surface area contributed by atoms with Crippen LogP contribution in [0.15, 0.2) is 54.6 Å². The van der Waals surface area contributed by atoms with Gasteiger partial charge in [0.05, 0.1) is 0 Å². The molecule has 34 heavy (non-hydrogen) atoms. The van der Waals surface area contributed by atoms with Gasteiger partial charge < -0.3 is 36.9 Å². The molecule has 0 spiro atoms. The molecule has 0 aromatic heterocycles. The molecule has 8 N–H and O–H groups in total. The Balaban J connectivity index is 1.90. The van der Waals surface area contributed by atoms with E-state index in [-0.39, 0.29) is 47.8 Å². The van der Waals surface area contributed by atoms with E-state index in [9.17, 15) is 24.6 Å². The van der Waals surface area contributed by atoms with Crippen LogP contribution in [0, 0.1) is 0 Å². The van der Waals surface area contributed by atoms with Crippen molar-refractivity contribution in [1.29, 1.82) is 0 Å². The predicted molar refractivity (Wildman–Crippen MR) is 121 cm³/mol. The first-order chi connectivity index (χ1) is 16.3. The van der Waals surface area contributed by atoms with E-state index in [0.29, 0.717) is 16.7 Å². The largest absolute Gasteiger partial charge is 0.507 e. The summed E-state index contributed by atoms with van der Waals surface area (Å²) in [5.41, 5.74) is 17.7. The molecule has 0 heterocycles. The molecule has 0 aliphatic carbocycles.